The number of piperidine rings is 1. The summed E-state index contributed by atoms with van der Waals surface area (Å²) in [5, 5.41) is 11.6. The van der Waals surface area contributed by atoms with Gasteiger partial charge in [0, 0.05) is 36.2 Å². The lowest BCUT2D eigenvalue weighted by Crippen LogP contribution is -2.31. The molecule has 2 saturated heterocycles. The first-order valence-electron chi connectivity index (χ1n) is 12.5. The first-order valence-corrected chi connectivity index (χ1v) is 12.9. The van der Waals surface area contributed by atoms with Crippen LogP contribution in [0.2, 0.25) is 5.02 Å². The zero-order valence-corrected chi connectivity index (χ0v) is 21.3. The van der Waals surface area contributed by atoms with Crippen LogP contribution in [0.4, 0.5) is 11.4 Å². The van der Waals surface area contributed by atoms with Crippen LogP contribution >= 0.6 is 11.6 Å². The number of hydrogen-bond acceptors (Lipinski definition) is 6. The van der Waals surface area contributed by atoms with E-state index >= 15 is 0 Å². The molecule has 0 spiro atoms. The second kappa shape index (κ2) is 10.6. The molecule has 1 amide bonds. The van der Waals surface area contributed by atoms with Crippen LogP contribution < -0.4 is 14.5 Å². The van der Waals surface area contributed by atoms with Crippen molar-refractivity contribution < 1.29 is 19.4 Å². The quantitative estimate of drug-likeness (QED) is 0.255. The number of rotatable bonds is 6. The van der Waals surface area contributed by atoms with Gasteiger partial charge in [0.15, 0.2) is 0 Å². The predicted molar refractivity (Wildman–Crippen MR) is 144 cm³/mol. The number of halogens is 1. The molecule has 1 aromatic heterocycles. The maximum Gasteiger partial charge on any atom is 0.300 e. The molecule has 2 aromatic carbocycles. The first kappa shape index (κ1) is 24.8. The van der Waals surface area contributed by atoms with Crippen LogP contribution in [0.1, 0.15) is 43.5 Å². The van der Waals surface area contributed by atoms with Gasteiger partial charge in [-0.05, 0) is 80.8 Å². The van der Waals surface area contributed by atoms with Crippen molar-refractivity contribution in [2.45, 2.75) is 32.2 Å². The van der Waals surface area contributed by atoms with Gasteiger partial charge >= 0.3 is 0 Å². The van der Waals surface area contributed by atoms with Crippen molar-refractivity contribution in [3.05, 3.63) is 88.7 Å². The summed E-state index contributed by atoms with van der Waals surface area (Å²) in [6.45, 7) is 4.27. The Morgan fingerprint density at radius 3 is 2.43 bits per heavy atom. The number of aromatic nitrogens is 1. The molecule has 2 aliphatic rings. The molecule has 190 valence electrons. The van der Waals surface area contributed by atoms with E-state index in [2.05, 4.69) is 9.88 Å². The third-order valence-corrected chi connectivity index (χ3v) is 7.09. The summed E-state index contributed by atoms with van der Waals surface area (Å²) in [6, 6.07) is 16.8. The highest BCUT2D eigenvalue weighted by atomic mass is 35.5. The van der Waals surface area contributed by atoms with Gasteiger partial charge < -0.3 is 14.7 Å². The summed E-state index contributed by atoms with van der Waals surface area (Å²) in [6.07, 6.45) is 5.14. The van der Waals surface area contributed by atoms with E-state index < -0.39 is 17.7 Å². The molecule has 0 radical (unpaired) electrons. The SMILES string of the molecule is CCOc1ccc(Cl)c(/C(O)=C2\C(=O)C(=O)N(c3ccc(N4CCCCC4)cc3)C2c2ccccn2)c1. The van der Waals surface area contributed by atoms with Crippen molar-refractivity contribution in [1.29, 1.82) is 0 Å². The molecule has 37 heavy (non-hydrogen) atoms. The number of aliphatic hydroxyl groups excluding tert-OH is 1. The molecule has 0 aliphatic carbocycles. The number of carbonyl (C=O) groups is 2. The second-order valence-corrected chi connectivity index (χ2v) is 9.47. The summed E-state index contributed by atoms with van der Waals surface area (Å²) in [5.74, 6) is -1.41. The monoisotopic (exact) mass is 517 g/mol. The van der Waals surface area contributed by atoms with Gasteiger partial charge in [0.2, 0.25) is 0 Å². The third-order valence-electron chi connectivity index (χ3n) is 6.77. The molecule has 0 saturated carbocycles. The van der Waals surface area contributed by atoms with Crippen molar-refractivity contribution in [1.82, 2.24) is 4.98 Å². The third kappa shape index (κ3) is 4.79. The Morgan fingerprint density at radius 1 is 1.03 bits per heavy atom. The number of hydrogen-bond donors (Lipinski definition) is 1. The highest BCUT2D eigenvalue weighted by Gasteiger charge is 2.47. The fraction of sp³-hybridized carbons (Fsp3) is 0.276. The van der Waals surface area contributed by atoms with Gasteiger partial charge in [-0.1, -0.05) is 17.7 Å². The van der Waals surface area contributed by atoms with Crippen LogP contribution in [0.25, 0.3) is 5.76 Å². The lowest BCUT2D eigenvalue weighted by molar-refractivity contribution is -0.132. The summed E-state index contributed by atoms with van der Waals surface area (Å²) in [5.41, 5.74) is 2.23. The van der Waals surface area contributed by atoms with Crippen molar-refractivity contribution in [3.63, 3.8) is 0 Å². The van der Waals surface area contributed by atoms with E-state index in [1.54, 1.807) is 42.6 Å². The van der Waals surface area contributed by atoms with E-state index in [0.29, 0.717) is 23.7 Å². The van der Waals surface area contributed by atoms with Crippen molar-refractivity contribution in [2.24, 2.45) is 0 Å². The Bertz CT molecular complexity index is 1340. The molecule has 0 bridgehead atoms. The Hall–Kier alpha value is -3.84. The van der Waals surface area contributed by atoms with Gasteiger partial charge in [-0.2, -0.15) is 0 Å². The molecule has 3 aromatic rings. The zero-order chi connectivity index (χ0) is 25.9. The van der Waals surface area contributed by atoms with E-state index in [9.17, 15) is 14.7 Å². The van der Waals surface area contributed by atoms with Crippen molar-refractivity contribution in [2.75, 3.05) is 29.5 Å². The lowest BCUT2D eigenvalue weighted by atomic mass is 9.98. The smallest absolute Gasteiger partial charge is 0.300 e. The number of Topliss-reactive ketones (excluding diaryl/α,β-unsaturated/α-hetero) is 1. The zero-order valence-electron chi connectivity index (χ0n) is 20.6. The number of carbonyl (C=O) groups excluding carboxylic acids is 2. The average molecular weight is 518 g/mol. The van der Waals surface area contributed by atoms with Gasteiger partial charge in [0.1, 0.15) is 17.6 Å². The van der Waals surface area contributed by atoms with E-state index in [1.807, 2.05) is 31.2 Å². The molecule has 1 unspecified atom stereocenters. The molecular formula is C29H28ClN3O4. The summed E-state index contributed by atoms with van der Waals surface area (Å²) >= 11 is 6.41. The molecule has 8 heteroatoms. The van der Waals surface area contributed by atoms with Crippen LogP contribution in [-0.2, 0) is 9.59 Å². The number of ketones is 1. The standard InChI is InChI=1S/C29H28ClN3O4/c1-2-37-21-13-14-23(30)22(18-21)27(34)25-26(24-8-4-5-15-31-24)33(29(36)28(25)35)20-11-9-19(10-12-20)32-16-6-3-7-17-32/h4-5,8-15,18,26,34H,2-3,6-7,16-17H2,1H3/b27-25+. The summed E-state index contributed by atoms with van der Waals surface area (Å²) in [7, 11) is 0. The van der Waals surface area contributed by atoms with Crippen LogP contribution in [0.15, 0.2) is 72.4 Å². The number of nitrogens with zero attached hydrogens (tertiary/aromatic N) is 3. The maximum atomic E-state index is 13.4. The fourth-order valence-corrected chi connectivity index (χ4v) is 5.19. The molecule has 5 rings (SSSR count). The van der Waals surface area contributed by atoms with E-state index in [-0.39, 0.29) is 21.9 Å². The number of amides is 1. The number of ether oxygens (including phenoxy) is 1. The van der Waals surface area contributed by atoms with Gasteiger partial charge in [-0.25, -0.2) is 0 Å². The van der Waals surface area contributed by atoms with E-state index in [0.717, 1.165) is 31.6 Å². The average Bonchev–Trinajstić information content (AvgIpc) is 3.20. The van der Waals surface area contributed by atoms with Gasteiger partial charge in [0.05, 0.1) is 22.9 Å². The number of benzene rings is 2. The Balaban J connectivity index is 1.61. The number of aliphatic hydroxyl groups is 1. The normalized spacial score (nSPS) is 19.4. The topological polar surface area (TPSA) is 83.0 Å². The highest BCUT2D eigenvalue weighted by molar-refractivity contribution is 6.52. The van der Waals surface area contributed by atoms with Gasteiger partial charge in [0.25, 0.3) is 11.7 Å². The number of pyridine rings is 1. The minimum absolute atomic E-state index is 0.0700. The second-order valence-electron chi connectivity index (χ2n) is 9.06. The first-order chi connectivity index (χ1) is 18.0. The van der Waals surface area contributed by atoms with Crippen molar-refractivity contribution >= 4 is 40.4 Å². The van der Waals surface area contributed by atoms with Crippen LogP contribution in [0.5, 0.6) is 5.75 Å². The Labute approximate surface area is 220 Å². The highest BCUT2D eigenvalue weighted by Crippen LogP contribution is 2.43. The van der Waals surface area contributed by atoms with Crippen LogP contribution in [-0.4, -0.2) is 41.5 Å². The minimum Gasteiger partial charge on any atom is -0.507 e. The molecule has 1 atom stereocenters. The summed E-state index contributed by atoms with van der Waals surface area (Å²) in [4.78, 5) is 35.0. The van der Waals surface area contributed by atoms with Crippen molar-refractivity contribution in [3.8, 4) is 5.75 Å². The molecule has 2 fully saturated rings. The maximum absolute atomic E-state index is 13.4. The van der Waals surface area contributed by atoms with E-state index in [4.69, 9.17) is 16.3 Å². The number of anilines is 2. The minimum atomic E-state index is -0.922. The van der Waals surface area contributed by atoms with Gasteiger partial charge in [-0.3, -0.25) is 19.5 Å². The fourth-order valence-electron chi connectivity index (χ4n) is 4.98. The molecular weight excluding hydrogens is 490 g/mol. The molecule has 3 heterocycles. The molecule has 2 aliphatic heterocycles. The van der Waals surface area contributed by atoms with Gasteiger partial charge in [-0.15, -0.1) is 0 Å². The van der Waals surface area contributed by atoms with E-state index in [1.165, 1.54) is 11.3 Å². The summed E-state index contributed by atoms with van der Waals surface area (Å²) < 4.78 is 5.55. The van der Waals surface area contributed by atoms with Crippen LogP contribution in [0.3, 0.4) is 0 Å². The van der Waals surface area contributed by atoms with Crippen LogP contribution in [0, 0.1) is 0 Å². The predicted octanol–water partition coefficient (Wildman–Crippen LogP) is 5.75. The lowest BCUT2D eigenvalue weighted by Gasteiger charge is -2.30. The molecule has 1 N–H and O–H groups in total. The largest absolute Gasteiger partial charge is 0.507 e. The Kier molecular flexibility index (Phi) is 7.15. The molecule has 7 nitrogen and oxygen atoms in total. The Morgan fingerprint density at radius 2 is 1.76 bits per heavy atom.